The third-order valence-electron chi connectivity index (χ3n) is 8.69. The molecule has 1 aromatic heterocycles. The second-order valence-corrected chi connectivity index (χ2v) is 11.1. The molecule has 4 aliphatic rings. The van der Waals surface area contributed by atoms with Gasteiger partial charge in [0.15, 0.2) is 11.2 Å². The number of aromatic nitrogens is 1. The lowest BCUT2D eigenvalue weighted by atomic mass is 9.78. The van der Waals surface area contributed by atoms with Crippen LogP contribution in [0.2, 0.25) is 0 Å². The summed E-state index contributed by atoms with van der Waals surface area (Å²) in [6, 6.07) is 9.47. The molecule has 13 heteroatoms. The van der Waals surface area contributed by atoms with Crippen LogP contribution in [-0.2, 0) is 23.3 Å². The van der Waals surface area contributed by atoms with E-state index in [1.165, 1.54) is 36.5 Å². The van der Waals surface area contributed by atoms with Gasteiger partial charge in [0, 0.05) is 11.6 Å². The number of H-pyrrole nitrogens is 1. The van der Waals surface area contributed by atoms with Crippen LogP contribution < -0.4 is 42.4 Å². The number of aliphatic hydroxyl groups is 2. The van der Waals surface area contributed by atoms with E-state index in [9.17, 15) is 43.7 Å². The SMILES string of the molecule is COc1cc(=O)c2c(=O)c3c(c(=O)c=2c1=O)=C(O)[C@]1(CCc2cc4cc(C=NOCc5ccc(F)cc5)[nH]c(=O)c4c(O)c21)C=3O. The fourth-order valence-electron chi connectivity index (χ4n) is 6.62. The van der Waals surface area contributed by atoms with Gasteiger partial charge in [-0.3, -0.25) is 24.0 Å². The molecule has 1 atom stereocenters. The number of ether oxygens (including phenoxy) is 1. The van der Waals surface area contributed by atoms with Gasteiger partial charge in [0.1, 0.15) is 35.1 Å². The number of aryl methyl sites for hydroxylation is 1. The number of oxime groups is 1. The number of phenolic OH excluding ortho intramolecular Hbond substituents is 1. The maximum atomic E-state index is 13.6. The lowest BCUT2D eigenvalue weighted by molar-refractivity contribution is 0.132. The molecular formula is C33H21FN2O10. The highest BCUT2D eigenvalue weighted by molar-refractivity contribution is 5.96. The van der Waals surface area contributed by atoms with Crippen molar-refractivity contribution < 1.29 is 29.3 Å². The zero-order valence-electron chi connectivity index (χ0n) is 23.8. The Labute approximate surface area is 254 Å². The quantitative estimate of drug-likeness (QED) is 0.155. The van der Waals surface area contributed by atoms with E-state index in [0.29, 0.717) is 11.1 Å². The topological polar surface area (TPSA) is 193 Å². The number of benzene rings is 2. The number of hydrogen-bond acceptors (Lipinski definition) is 11. The van der Waals surface area contributed by atoms with E-state index < -0.39 is 82.4 Å². The van der Waals surface area contributed by atoms with E-state index in [1.54, 1.807) is 6.07 Å². The van der Waals surface area contributed by atoms with Crippen molar-refractivity contribution in [3.05, 3.63) is 143 Å². The van der Waals surface area contributed by atoms with Crippen molar-refractivity contribution >= 4 is 28.5 Å². The number of phenols is 1. The van der Waals surface area contributed by atoms with Crippen LogP contribution in [0.4, 0.5) is 4.39 Å². The standard InChI is InChI=1S/C33H21FN2O10/c1-45-19-10-18(37)21-22(26(19)38)28(40)24-23(27(21)39)30(42)33(31(24)43)7-6-14-8-15-9-17(36-32(44)20(15)29(41)25(14)33)11-35-46-12-13-2-4-16(34)5-3-13/h2-5,8-11,41-43H,6-7,12H2,1H3,(H,36,44)/t33-/m0/s1. The Morgan fingerprint density at radius 1 is 0.913 bits per heavy atom. The van der Waals surface area contributed by atoms with E-state index in [-0.39, 0.29) is 41.5 Å². The van der Waals surface area contributed by atoms with E-state index >= 15 is 0 Å². The first-order chi connectivity index (χ1) is 22.0. The molecule has 2 aromatic carbocycles. The van der Waals surface area contributed by atoms with Gasteiger partial charge in [0.2, 0.25) is 16.3 Å². The minimum Gasteiger partial charge on any atom is -0.510 e. The average Bonchev–Trinajstić information content (AvgIpc) is 3.52. The summed E-state index contributed by atoms with van der Waals surface area (Å²) in [5, 5.41) is 35.7. The smallest absolute Gasteiger partial charge is 0.260 e. The Kier molecular flexibility index (Phi) is 6.20. The molecule has 12 nitrogen and oxygen atoms in total. The maximum Gasteiger partial charge on any atom is 0.260 e. The van der Waals surface area contributed by atoms with Gasteiger partial charge >= 0.3 is 0 Å². The van der Waals surface area contributed by atoms with Crippen molar-refractivity contribution in [1.29, 1.82) is 0 Å². The van der Waals surface area contributed by atoms with Gasteiger partial charge in [-0.05, 0) is 47.6 Å². The van der Waals surface area contributed by atoms with Crippen LogP contribution >= 0.6 is 0 Å². The molecule has 0 saturated heterocycles. The number of aromatic hydroxyl groups is 1. The third-order valence-corrected chi connectivity index (χ3v) is 8.69. The Hall–Kier alpha value is -6.11. The zero-order valence-corrected chi connectivity index (χ0v) is 23.8. The number of halogens is 1. The molecule has 0 aliphatic heterocycles. The van der Waals surface area contributed by atoms with Gasteiger partial charge in [0.05, 0.1) is 45.3 Å². The minimum atomic E-state index is -2.00. The molecule has 0 radical (unpaired) electrons. The normalized spacial score (nSPS) is 17.0. The van der Waals surface area contributed by atoms with E-state index in [0.717, 1.165) is 13.2 Å². The number of methoxy groups -OCH3 is 1. The second-order valence-electron chi connectivity index (χ2n) is 11.1. The average molecular weight is 625 g/mol. The Morgan fingerprint density at radius 3 is 2.26 bits per heavy atom. The molecule has 7 rings (SSSR count). The molecule has 4 aliphatic carbocycles. The number of aliphatic hydroxyl groups excluding tert-OH is 2. The van der Waals surface area contributed by atoms with Gasteiger partial charge in [-0.1, -0.05) is 23.4 Å². The van der Waals surface area contributed by atoms with Crippen LogP contribution in [-0.4, -0.2) is 33.6 Å². The molecule has 230 valence electrons. The Bertz CT molecular complexity index is 2680. The van der Waals surface area contributed by atoms with Crippen LogP contribution in [0, 0.1) is 16.3 Å². The van der Waals surface area contributed by atoms with Crippen molar-refractivity contribution in [2.24, 2.45) is 5.16 Å². The fraction of sp³-hybridized carbons (Fsp3) is 0.152. The van der Waals surface area contributed by atoms with Gasteiger partial charge in [-0.25, -0.2) is 4.39 Å². The van der Waals surface area contributed by atoms with E-state index in [4.69, 9.17) is 9.57 Å². The van der Waals surface area contributed by atoms with Crippen molar-refractivity contribution in [3.63, 3.8) is 0 Å². The van der Waals surface area contributed by atoms with Crippen LogP contribution in [0.25, 0.3) is 22.3 Å². The lowest BCUT2D eigenvalue weighted by Gasteiger charge is -2.27. The van der Waals surface area contributed by atoms with E-state index in [2.05, 4.69) is 10.1 Å². The van der Waals surface area contributed by atoms with Crippen molar-refractivity contribution in [2.75, 3.05) is 7.11 Å². The minimum absolute atomic E-state index is 0.0405. The van der Waals surface area contributed by atoms with Crippen molar-refractivity contribution in [1.82, 2.24) is 4.98 Å². The first kappa shape index (κ1) is 28.6. The van der Waals surface area contributed by atoms with Crippen LogP contribution in [0.3, 0.4) is 0 Å². The summed E-state index contributed by atoms with van der Waals surface area (Å²) in [7, 11) is 1.11. The van der Waals surface area contributed by atoms with E-state index in [1.807, 2.05) is 0 Å². The van der Waals surface area contributed by atoms with Crippen LogP contribution in [0.15, 0.2) is 71.6 Å². The number of fused-ring (bicyclic) bond motifs is 4. The lowest BCUT2D eigenvalue weighted by Crippen LogP contribution is -2.51. The summed E-state index contributed by atoms with van der Waals surface area (Å²) in [4.78, 5) is 73.9. The largest absolute Gasteiger partial charge is 0.510 e. The van der Waals surface area contributed by atoms with Gasteiger partial charge in [0.25, 0.3) is 5.56 Å². The summed E-state index contributed by atoms with van der Waals surface area (Å²) in [5.41, 5.74) is -5.84. The van der Waals surface area contributed by atoms with Crippen molar-refractivity contribution in [3.8, 4) is 11.5 Å². The third kappa shape index (κ3) is 3.77. The number of rotatable bonds is 5. The number of pyridine rings is 1. The van der Waals surface area contributed by atoms with Gasteiger partial charge < -0.3 is 29.9 Å². The number of aromatic amines is 1. The summed E-state index contributed by atoms with van der Waals surface area (Å²) in [5.74, 6) is -3.03. The van der Waals surface area contributed by atoms with Crippen molar-refractivity contribution in [2.45, 2.75) is 24.9 Å². The summed E-state index contributed by atoms with van der Waals surface area (Å²) < 4.78 is 18.0. The number of nitrogens with zero attached hydrogens (tertiary/aromatic N) is 1. The summed E-state index contributed by atoms with van der Waals surface area (Å²) in [6.07, 6.45) is 1.25. The van der Waals surface area contributed by atoms with Crippen LogP contribution in [0.5, 0.6) is 11.5 Å². The molecule has 0 unspecified atom stereocenters. The van der Waals surface area contributed by atoms with Crippen LogP contribution in [0.1, 0.15) is 28.8 Å². The first-order valence-electron chi connectivity index (χ1n) is 13.9. The summed E-state index contributed by atoms with van der Waals surface area (Å²) in [6.45, 7) is 0.0405. The molecule has 0 saturated carbocycles. The molecule has 4 N–H and O–H groups in total. The second kappa shape index (κ2) is 9.95. The number of hydrogen-bond donors (Lipinski definition) is 4. The highest BCUT2D eigenvalue weighted by Crippen LogP contribution is 2.54. The molecule has 1 spiro atoms. The zero-order chi connectivity index (χ0) is 32.7. The first-order valence-corrected chi connectivity index (χ1v) is 13.9. The number of nitrogens with one attached hydrogen (secondary N) is 1. The predicted octanol–water partition coefficient (Wildman–Crippen LogP) is 0.203. The monoisotopic (exact) mass is 624 g/mol. The van der Waals surface area contributed by atoms with Gasteiger partial charge in [-0.15, -0.1) is 0 Å². The molecule has 0 bridgehead atoms. The molecule has 1 heterocycles. The Morgan fingerprint density at radius 2 is 1.59 bits per heavy atom. The molecule has 46 heavy (non-hydrogen) atoms. The maximum absolute atomic E-state index is 13.6. The molecule has 0 amide bonds. The summed E-state index contributed by atoms with van der Waals surface area (Å²) >= 11 is 0. The molecular weight excluding hydrogens is 603 g/mol. The fourth-order valence-corrected chi connectivity index (χ4v) is 6.62. The highest BCUT2D eigenvalue weighted by atomic mass is 19.1. The predicted molar refractivity (Wildman–Crippen MR) is 162 cm³/mol. The highest BCUT2D eigenvalue weighted by Gasteiger charge is 2.53. The van der Waals surface area contributed by atoms with Gasteiger partial charge in [-0.2, -0.15) is 0 Å². The molecule has 3 aromatic rings. The molecule has 0 fully saturated rings. The Balaban J connectivity index is 1.39.